The molecule has 1 aromatic rings. The van der Waals surface area contributed by atoms with Crippen LogP contribution in [0, 0.1) is 0 Å². The predicted molar refractivity (Wildman–Crippen MR) is 130 cm³/mol. The Labute approximate surface area is 196 Å². The smallest absolute Gasteiger partial charge is 0.219 e. The lowest BCUT2D eigenvalue weighted by atomic mass is 9.96. The molecule has 1 saturated heterocycles. The van der Waals surface area contributed by atoms with Gasteiger partial charge >= 0.3 is 0 Å². The second-order valence-electron chi connectivity index (χ2n) is 7.76. The van der Waals surface area contributed by atoms with Crippen molar-refractivity contribution in [2.24, 2.45) is 4.99 Å². The van der Waals surface area contributed by atoms with Crippen LogP contribution in [0.4, 0.5) is 0 Å². The van der Waals surface area contributed by atoms with Gasteiger partial charge in [0, 0.05) is 63.2 Å². The first-order valence-electron chi connectivity index (χ1n) is 10.3. The quantitative estimate of drug-likeness (QED) is 0.322. The molecule has 1 aromatic carbocycles. The summed E-state index contributed by atoms with van der Waals surface area (Å²) in [5.74, 6) is 1.05. The van der Waals surface area contributed by atoms with Crippen molar-refractivity contribution >= 4 is 47.4 Å². The zero-order valence-corrected chi connectivity index (χ0v) is 20.5. The van der Waals surface area contributed by atoms with Gasteiger partial charge in [-0.2, -0.15) is 0 Å². The van der Waals surface area contributed by atoms with Crippen molar-refractivity contribution < 1.29 is 4.79 Å². The Bertz CT molecular complexity index is 702. The number of halogens is 2. The maximum absolute atomic E-state index is 11.4. The van der Waals surface area contributed by atoms with Gasteiger partial charge < -0.3 is 15.5 Å². The fourth-order valence-corrected chi connectivity index (χ4v) is 3.89. The maximum atomic E-state index is 11.4. The van der Waals surface area contributed by atoms with Crippen LogP contribution in [0.1, 0.15) is 32.3 Å². The molecule has 2 N–H and O–H groups in total. The molecule has 0 radical (unpaired) electrons. The number of nitrogens with one attached hydrogen (secondary N) is 2. The molecule has 0 aromatic heterocycles. The Morgan fingerprint density at radius 3 is 2.52 bits per heavy atom. The number of guanidine groups is 1. The first kappa shape index (κ1) is 24.2. The number of nitrogens with zero attached hydrogens (tertiary/aromatic N) is 3. The van der Waals surface area contributed by atoms with Gasteiger partial charge in [0.15, 0.2) is 5.96 Å². The molecule has 1 aliphatic carbocycles. The third-order valence-corrected chi connectivity index (χ3v) is 5.95. The zero-order chi connectivity index (χ0) is 20.0. The summed E-state index contributed by atoms with van der Waals surface area (Å²) in [5.41, 5.74) is 1.44. The largest absolute Gasteiger partial charge is 0.357 e. The first-order valence-corrected chi connectivity index (χ1v) is 10.7. The van der Waals surface area contributed by atoms with Crippen molar-refractivity contribution in [2.75, 3.05) is 52.4 Å². The molecule has 1 saturated carbocycles. The van der Waals surface area contributed by atoms with E-state index < -0.39 is 0 Å². The molecule has 2 fully saturated rings. The van der Waals surface area contributed by atoms with Crippen LogP contribution in [0.15, 0.2) is 29.3 Å². The lowest BCUT2D eigenvalue weighted by molar-refractivity contribution is -0.130. The number of carbonyl (C=O) groups excluding carboxylic acids is 1. The van der Waals surface area contributed by atoms with Crippen LogP contribution in [-0.4, -0.2) is 74.0 Å². The fraction of sp³-hybridized carbons (Fsp3) is 0.619. The molecule has 6 nitrogen and oxygen atoms in total. The Balaban J connectivity index is 0.00000300. The molecule has 0 spiro atoms. The van der Waals surface area contributed by atoms with Crippen molar-refractivity contribution in [3.63, 3.8) is 0 Å². The Morgan fingerprint density at radius 2 is 1.93 bits per heavy atom. The van der Waals surface area contributed by atoms with E-state index in [1.807, 2.05) is 17.0 Å². The number of amides is 1. The van der Waals surface area contributed by atoms with Crippen LogP contribution < -0.4 is 10.6 Å². The highest BCUT2D eigenvalue weighted by Crippen LogP contribution is 2.48. The van der Waals surface area contributed by atoms with E-state index in [4.69, 9.17) is 16.6 Å². The molecule has 1 aliphatic heterocycles. The molecule has 162 valence electrons. The second kappa shape index (κ2) is 11.4. The van der Waals surface area contributed by atoms with Gasteiger partial charge in [0.1, 0.15) is 0 Å². The first-order chi connectivity index (χ1) is 13.5. The van der Waals surface area contributed by atoms with Crippen molar-refractivity contribution in [1.82, 2.24) is 20.4 Å². The van der Waals surface area contributed by atoms with Crippen LogP contribution in [-0.2, 0) is 10.2 Å². The summed E-state index contributed by atoms with van der Waals surface area (Å²) in [6.45, 7) is 10.7. The lowest BCUT2D eigenvalue weighted by Gasteiger charge is -2.34. The number of hydrogen-bond acceptors (Lipinski definition) is 3. The second-order valence-corrected chi connectivity index (χ2v) is 8.20. The number of carbonyl (C=O) groups is 1. The van der Waals surface area contributed by atoms with Crippen LogP contribution in [0.2, 0.25) is 5.02 Å². The van der Waals surface area contributed by atoms with Crippen LogP contribution >= 0.6 is 35.6 Å². The van der Waals surface area contributed by atoms with E-state index in [-0.39, 0.29) is 35.3 Å². The Morgan fingerprint density at radius 1 is 1.21 bits per heavy atom. The van der Waals surface area contributed by atoms with Crippen LogP contribution in [0.3, 0.4) is 0 Å². The minimum absolute atomic E-state index is 0. The van der Waals surface area contributed by atoms with Crippen molar-refractivity contribution in [1.29, 1.82) is 0 Å². The summed E-state index contributed by atoms with van der Waals surface area (Å²) in [5, 5.41) is 7.60. The molecule has 3 rings (SSSR count). The normalized spacial score (nSPS) is 18.7. The molecular formula is C21H33ClIN5O. The lowest BCUT2D eigenvalue weighted by Crippen LogP contribution is -2.50. The third kappa shape index (κ3) is 7.00. The molecular weight excluding hydrogens is 501 g/mol. The SMILES string of the molecule is CCNC(=NCC1(c2cccc(Cl)c2)CC1)NCCN1CCN(C(C)=O)CC1.I. The predicted octanol–water partition coefficient (Wildman–Crippen LogP) is 2.71. The number of rotatable bonds is 7. The summed E-state index contributed by atoms with van der Waals surface area (Å²) in [4.78, 5) is 20.6. The molecule has 8 heteroatoms. The van der Waals surface area contributed by atoms with Crippen LogP contribution in [0.25, 0.3) is 0 Å². The summed E-state index contributed by atoms with van der Waals surface area (Å²) in [6.07, 6.45) is 2.33. The molecule has 1 amide bonds. The van der Waals surface area contributed by atoms with Crippen molar-refractivity contribution in [3.8, 4) is 0 Å². The molecule has 0 atom stereocenters. The average molecular weight is 534 g/mol. The van der Waals surface area contributed by atoms with Gasteiger partial charge in [-0.1, -0.05) is 23.7 Å². The zero-order valence-electron chi connectivity index (χ0n) is 17.4. The standard InChI is InChI=1S/C21H32ClN5O.HI/c1-3-23-20(24-9-10-26-11-13-27(14-12-26)17(2)28)25-16-21(7-8-21)18-5-4-6-19(22)15-18;/h4-6,15H,3,7-14,16H2,1-2H3,(H2,23,24,25);1H. The summed E-state index contributed by atoms with van der Waals surface area (Å²) < 4.78 is 0. The average Bonchev–Trinajstić information content (AvgIpc) is 3.48. The highest BCUT2D eigenvalue weighted by atomic mass is 127. The van der Waals surface area contributed by atoms with Crippen molar-refractivity contribution in [2.45, 2.75) is 32.1 Å². The van der Waals surface area contributed by atoms with Gasteiger partial charge in [0.2, 0.25) is 5.91 Å². The monoisotopic (exact) mass is 533 g/mol. The summed E-state index contributed by atoms with van der Waals surface area (Å²) in [6, 6.07) is 8.18. The van der Waals surface area contributed by atoms with Gasteiger partial charge in [-0.15, -0.1) is 24.0 Å². The van der Waals surface area contributed by atoms with Gasteiger partial charge in [-0.25, -0.2) is 0 Å². The number of piperazine rings is 1. The van der Waals surface area contributed by atoms with Crippen molar-refractivity contribution in [3.05, 3.63) is 34.9 Å². The van der Waals surface area contributed by atoms with Gasteiger partial charge in [0.05, 0.1) is 6.54 Å². The fourth-order valence-electron chi connectivity index (χ4n) is 3.70. The molecule has 1 heterocycles. The highest BCUT2D eigenvalue weighted by Gasteiger charge is 2.44. The minimum Gasteiger partial charge on any atom is -0.357 e. The highest BCUT2D eigenvalue weighted by molar-refractivity contribution is 14.0. The topological polar surface area (TPSA) is 60.0 Å². The van der Waals surface area contributed by atoms with E-state index in [2.05, 4.69) is 34.6 Å². The molecule has 29 heavy (non-hydrogen) atoms. The number of hydrogen-bond donors (Lipinski definition) is 2. The van der Waals surface area contributed by atoms with E-state index in [0.717, 1.165) is 76.2 Å². The molecule has 0 unspecified atom stereocenters. The van der Waals surface area contributed by atoms with Gasteiger partial charge in [0.25, 0.3) is 0 Å². The van der Waals surface area contributed by atoms with E-state index in [9.17, 15) is 4.79 Å². The number of benzene rings is 1. The van der Waals surface area contributed by atoms with Crippen LogP contribution in [0.5, 0.6) is 0 Å². The maximum Gasteiger partial charge on any atom is 0.219 e. The minimum atomic E-state index is 0. The molecule has 0 bridgehead atoms. The number of aliphatic imine (C=N–C) groups is 1. The van der Waals surface area contributed by atoms with E-state index in [1.54, 1.807) is 6.92 Å². The molecule has 2 aliphatic rings. The van der Waals surface area contributed by atoms with E-state index in [1.165, 1.54) is 5.56 Å². The summed E-state index contributed by atoms with van der Waals surface area (Å²) >= 11 is 6.17. The van der Waals surface area contributed by atoms with Gasteiger partial charge in [-0.05, 0) is 37.5 Å². The van der Waals surface area contributed by atoms with E-state index >= 15 is 0 Å². The Hall–Kier alpha value is -1.06. The van der Waals surface area contributed by atoms with E-state index in [0.29, 0.717) is 0 Å². The van der Waals surface area contributed by atoms with Gasteiger partial charge in [-0.3, -0.25) is 14.7 Å². The Kier molecular flexibility index (Phi) is 9.49. The third-order valence-electron chi connectivity index (χ3n) is 5.71. The summed E-state index contributed by atoms with van der Waals surface area (Å²) in [7, 11) is 0.